The third kappa shape index (κ3) is 1.97. The van der Waals surface area contributed by atoms with Crippen molar-refractivity contribution in [1.29, 1.82) is 0 Å². The maximum absolute atomic E-state index is 3.17. The van der Waals surface area contributed by atoms with Gasteiger partial charge in [-0.1, -0.05) is 25.7 Å². The Morgan fingerprint density at radius 2 is 1.42 bits per heavy atom. The number of rotatable bonds is 1. The van der Waals surface area contributed by atoms with Crippen molar-refractivity contribution in [1.82, 2.24) is 15.8 Å². The van der Waals surface area contributed by atoms with Crippen LogP contribution in [0.2, 0.25) is 0 Å². The number of nitrogens with one attached hydrogen (secondary N) is 2. The third-order valence-electron chi connectivity index (χ3n) is 3.03. The van der Waals surface area contributed by atoms with Gasteiger partial charge in [0.2, 0.25) is 0 Å². The molecule has 12 heavy (non-hydrogen) atoms. The van der Waals surface area contributed by atoms with Crippen LogP contribution in [0.4, 0.5) is 0 Å². The summed E-state index contributed by atoms with van der Waals surface area (Å²) in [4.78, 5) is 2.52. The average molecular weight is 169 g/mol. The summed E-state index contributed by atoms with van der Waals surface area (Å²) in [5.41, 5.74) is 6.33. The van der Waals surface area contributed by atoms with Gasteiger partial charge < -0.3 is 0 Å². The standard InChI is InChI=1S/C9H19N3/c1-2-4-6-9(5-3-1)12-7-10-11-8-12/h9-11H,1-8H2. The molecule has 70 valence electrons. The summed E-state index contributed by atoms with van der Waals surface area (Å²) in [6.07, 6.45) is 8.57. The first-order valence-corrected chi connectivity index (χ1v) is 5.16. The Morgan fingerprint density at radius 3 is 2.00 bits per heavy atom. The first-order chi connectivity index (χ1) is 5.97. The van der Waals surface area contributed by atoms with Gasteiger partial charge in [-0.2, -0.15) is 0 Å². The molecule has 0 atom stereocenters. The second-order valence-corrected chi connectivity index (χ2v) is 3.90. The van der Waals surface area contributed by atoms with Crippen molar-refractivity contribution in [2.24, 2.45) is 0 Å². The zero-order valence-electron chi connectivity index (χ0n) is 7.68. The summed E-state index contributed by atoms with van der Waals surface area (Å²) in [7, 11) is 0. The third-order valence-corrected chi connectivity index (χ3v) is 3.03. The van der Waals surface area contributed by atoms with E-state index in [1.165, 1.54) is 38.5 Å². The van der Waals surface area contributed by atoms with Gasteiger partial charge in [-0.15, -0.1) is 0 Å². The maximum Gasteiger partial charge on any atom is 0.0629 e. The lowest BCUT2D eigenvalue weighted by molar-refractivity contribution is 0.215. The van der Waals surface area contributed by atoms with Gasteiger partial charge in [-0.05, 0) is 12.8 Å². The quantitative estimate of drug-likeness (QED) is 0.574. The predicted molar refractivity (Wildman–Crippen MR) is 49.3 cm³/mol. The van der Waals surface area contributed by atoms with Crippen LogP contribution in [0.3, 0.4) is 0 Å². The van der Waals surface area contributed by atoms with Gasteiger partial charge in [0, 0.05) is 6.04 Å². The van der Waals surface area contributed by atoms with E-state index >= 15 is 0 Å². The van der Waals surface area contributed by atoms with E-state index in [0.717, 1.165) is 19.4 Å². The molecular weight excluding hydrogens is 150 g/mol. The molecule has 0 amide bonds. The molecule has 1 aliphatic heterocycles. The molecule has 0 aromatic rings. The lowest BCUT2D eigenvalue weighted by Crippen LogP contribution is -2.33. The second kappa shape index (κ2) is 4.21. The summed E-state index contributed by atoms with van der Waals surface area (Å²) in [6.45, 7) is 2.06. The van der Waals surface area contributed by atoms with Crippen LogP contribution < -0.4 is 10.9 Å². The Labute approximate surface area is 74.5 Å². The van der Waals surface area contributed by atoms with Gasteiger partial charge in [0.1, 0.15) is 0 Å². The maximum atomic E-state index is 3.17. The van der Waals surface area contributed by atoms with Crippen LogP contribution >= 0.6 is 0 Å². The molecule has 1 aliphatic carbocycles. The zero-order chi connectivity index (χ0) is 8.23. The Balaban J connectivity index is 1.83. The normalized spacial score (nSPS) is 29.0. The summed E-state index contributed by atoms with van der Waals surface area (Å²) in [5, 5.41) is 0. The molecule has 0 aromatic carbocycles. The van der Waals surface area contributed by atoms with Crippen LogP contribution in [0.1, 0.15) is 38.5 Å². The summed E-state index contributed by atoms with van der Waals surface area (Å²) in [5.74, 6) is 0. The molecule has 0 radical (unpaired) electrons. The summed E-state index contributed by atoms with van der Waals surface area (Å²) < 4.78 is 0. The minimum Gasteiger partial charge on any atom is -0.273 e. The van der Waals surface area contributed by atoms with Crippen LogP contribution in [-0.4, -0.2) is 24.3 Å². The summed E-state index contributed by atoms with van der Waals surface area (Å²) in [6, 6.07) is 0.843. The minimum absolute atomic E-state index is 0.843. The first kappa shape index (κ1) is 8.48. The molecule has 0 bridgehead atoms. The van der Waals surface area contributed by atoms with E-state index in [-0.39, 0.29) is 0 Å². The van der Waals surface area contributed by atoms with Crippen LogP contribution in [0, 0.1) is 0 Å². The number of hydrazine groups is 1. The Hall–Kier alpha value is -0.120. The highest BCUT2D eigenvalue weighted by Gasteiger charge is 2.21. The molecule has 2 rings (SSSR count). The molecular formula is C9H19N3. The van der Waals surface area contributed by atoms with E-state index in [2.05, 4.69) is 15.8 Å². The predicted octanol–water partition coefficient (Wildman–Crippen LogP) is 1.03. The van der Waals surface area contributed by atoms with E-state index in [4.69, 9.17) is 0 Å². The molecule has 2 aliphatic rings. The van der Waals surface area contributed by atoms with E-state index in [1.54, 1.807) is 0 Å². The fraction of sp³-hybridized carbons (Fsp3) is 1.00. The van der Waals surface area contributed by atoms with Crippen molar-refractivity contribution in [3.63, 3.8) is 0 Å². The minimum atomic E-state index is 0.843. The van der Waals surface area contributed by atoms with Gasteiger partial charge >= 0.3 is 0 Å². The Morgan fingerprint density at radius 1 is 0.833 bits per heavy atom. The monoisotopic (exact) mass is 169 g/mol. The number of hydrogen-bond acceptors (Lipinski definition) is 3. The Bertz CT molecular complexity index is 124. The fourth-order valence-electron chi connectivity index (χ4n) is 2.25. The van der Waals surface area contributed by atoms with Crippen molar-refractivity contribution < 1.29 is 0 Å². The lowest BCUT2D eigenvalue weighted by Gasteiger charge is -2.24. The van der Waals surface area contributed by atoms with Gasteiger partial charge in [-0.3, -0.25) is 4.90 Å². The van der Waals surface area contributed by atoms with Crippen molar-refractivity contribution in [2.45, 2.75) is 44.6 Å². The van der Waals surface area contributed by atoms with Gasteiger partial charge in [0.25, 0.3) is 0 Å². The highest BCUT2D eigenvalue weighted by atomic mass is 15.5. The average Bonchev–Trinajstić information content (AvgIpc) is 2.48. The molecule has 0 spiro atoms. The van der Waals surface area contributed by atoms with Gasteiger partial charge in [-0.25, -0.2) is 10.9 Å². The highest BCUT2D eigenvalue weighted by molar-refractivity contribution is 4.75. The van der Waals surface area contributed by atoms with E-state index in [0.29, 0.717) is 0 Å². The largest absolute Gasteiger partial charge is 0.273 e. The van der Waals surface area contributed by atoms with Crippen molar-refractivity contribution in [2.75, 3.05) is 13.3 Å². The molecule has 1 saturated carbocycles. The lowest BCUT2D eigenvalue weighted by atomic mass is 10.1. The van der Waals surface area contributed by atoms with Gasteiger partial charge in [0.15, 0.2) is 0 Å². The molecule has 2 N–H and O–H groups in total. The molecule has 3 nitrogen and oxygen atoms in total. The van der Waals surface area contributed by atoms with Crippen LogP contribution in [0.25, 0.3) is 0 Å². The molecule has 2 fully saturated rings. The first-order valence-electron chi connectivity index (χ1n) is 5.16. The molecule has 0 aromatic heterocycles. The van der Waals surface area contributed by atoms with E-state index in [9.17, 15) is 0 Å². The number of hydrogen-bond donors (Lipinski definition) is 2. The molecule has 1 heterocycles. The topological polar surface area (TPSA) is 27.3 Å². The van der Waals surface area contributed by atoms with Crippen LogP contribution in [0.5, 0.6) is 0 Å². The zero-order valence-corrected chi connectivity index (χ0v) is 7.68. The molecule has 3 heteroatoms. The number of nitrogens with zero attached hydrogens (tertiary/aromatic N) is 1. The Kier molecular flexibility index (Phi) is 2.98. The fourth-order valence-corrected chi connectivity index (χ4v) is 2.25. The van der Waals surface area contributed by atoms with Gasteiger partial charge in [0.05, 0.1) is 13.3 Å². The molecule has 1 saturated heterocycles. The van der Waals surface area contributed by atoms with Crippen LogP contribution in [0.15, 0.2) is 0 Å². The van der Waals surface area contributed by atoms with Crippen LogP contribution in [-0.2, 0) is 0 Å². The SMILES string of the molecule is C1CCCC(N2CNNC2)CC1. The van der Waals surface area contributed by atoms with E-state index in [1.807, 2.05) is 0 Å². The van der Waals surface area contributed by atoms with Crippen molar-refractivity contribution in [3.8, 4) is 0 Å². The van der Waals surface area contributed by atoms with Crippen molar-refractivity contribution in [3.05, 3.63) is 0 Å². The summed E-state index contributed by atoms with van der Waals surface area (Å²) >= 11 is 0. The molecule has 0 unspecified atom stereocenters. The smallest absolute Gasteiger partial charge is 0.0629 e. The van der Waals surface area contributed by atoms with E-state index < -0.39 is 0 Å². The van der Waals surface area contributed by atoms with Crippen molar-refractivity contribution >= 4 is 0 Å². The second-order valence-electron chi connectivity index (χ2n) is 3.90. The highest BCUT2D eigenvalue weighted by Crippen LogP contribution is 2.21.